The van der Waals surface area contributed by atoms with Crippen molar-refractivity contribution in [1.82, 2.24) is 4.57 Å². The number of pyridine rings is 1. The first-order valence-corrected chi connectivity index (χ1v) is 4.00. The quantitative estimate of drug-likeness (QED) is 0.683. The zero-order chi connectivity index (χ0) is 11.0. The molecule has 0 aliphatic rings. The van der Waals surface area contributed by atoms with E-state index in [2.05, 4.69) is 0 Å². The number of hydrogen-bond donors (Lipinski definition) is 2. The molecule has 0 amide bonds. The van der Waals surface area contributed by atoms with Gasteiger partial charge in [-0.25, -0.2) is 4.79 Å². The third-order valence-corrected chi connectivity index (χ3v) is 2.37. The summed E-state index contributed by atoms with van der Waals surface area (Å²) < 4.78 is 1.21. The highest BCUT2D eigenvalue weighted by Gasteiger charge is 2.20. The summed E-state index contributed by atoms with van der Waals surface area (Å²) in [4.78, 5) is 22.1. The Morgan fingerprint density at radius 1 is 1.36 bits per heavy atom. The van der Waals surface area contributed by atoms with Gasteiger partial charge in [-0.15, -0.1) is 0 Å². The van der Waals surface area contributed by atoms with Crippen molar-refractivity contribution in [3.63, 3.8) is 0 Å². The van der Waals surface area contributed by atoms with Crippen LogP contribution in [0.25, 0.3) is 0 Å². The van der Waals surface area contributed by atoms with E-state index in [4.69, 9.17) is 5.11 Å². The third kappa shape index (κ3) is 1.26. The number of carboxylic acids is 1. The van der Waals surface area contributed by atoms with Crippen molar-refractivity contribution in [2.45, 2.75) is 13.8 Å². The number of hydrogen-bond acceptors (Lipinski definition) is 3. The third-order valence-electron chi connectivity index (χ3n) is 2.37. The zero-order valence-electron chi connectivity index (χ0n) is 8.16. The summed E-state index contributed by atoms with van der Waals surface area (Å²) in [7, 11) is 1.47. The summed E-state index contributed by atoms with van der Waals surface area (Å²) in [5.41, 5.74) is -0.310. The molecule has 0 aliphatic carbocycles. The van der Waals surface area contributed by atoms with Gasteiger partial charge >= 0.3 is 5.97 Å². The number of carbonyl (C=O) groups is 1. The Bertz CT molecular complexity index is 459. The van der Waals surface area contributed by atoms with Crippen molar-refractivity contribution in [3.05, 3.63) is 27.2 Å². The lowest BCUT2D eigenvalue weighted by molar-refractivity contribution is 0.0690. The van der Waals surface area contributed by atoms with Crippen molar-refractivity contribution in [3.8, 4) is 5.75 Å². The number of carboxylic acid groups (broad SMARTS) is 1. The van der Waals surface area contributed by atoms with Gasteiger partial charge in [0, 0.05) is 18.3 Å². The fourth-order valence-electron chi connectivity index (χ4n) is 1.22. The Morgan fingerprint density at radius 3 is 2.29 bits per heavy atom. The molecule has 5 heteroatoms. The van der Waals surface area contributed by atoms with E-state index in [9.17, 15) is 14.7 Å². The van der Waals surface area contributed by atoms with Crippen LogP contribution in [-0.4, -0.2) is 20.7 Å². The molecule has 0 spiro atoms. The van der Waals surface area contributed by atoms with E-state index in [1.807, 2.05) is 0 Å². The molecule has 0 saturated heterocycles. The van der Waals surface area contributed by atoms with Gasteiger partial charge in [0.05, 0.1) is 0 Å². The summed E-state index contributed by atoms with van der Waals surface area (Å²) >= 11 is 0. The van der Waals surface area contributed by atoms with Crippen LogP contribution in [0.3, 0.4) is 0 Å². The average molecular weight is 197 g/mol. The maximum Gasteiger partial charge on any atom is 0.345 e. The van der Waals surface area contributed by atoms with Gasteiger partial charge in [-0.3, -0.25) is 4.79 Å². The number of aromatic carboxylic acids is 1. The zero-order valence-corrected chi connectivity index (χ0v) is 8.16. The molecule has 14 heavy (non-hydrogen) atoms. The van der Waals surface area contributed by atoms with E-state index < -0.39 is 22.8 Å². The molecule has 0 atom stereocenters. The van der Waals surface area contributed by atoms with E-state index >= 15 is 0 Å². The minimum Gasteiger partial charge on any atom is -0.506 e. The van der Waals surface area contributed by atoms with Gasteiger partial charge in [-0.05, 0) is 13.8 Å². The molecule has 76 valence electrons. The second-order valence-electron chi connectivity index (χ2n) is 3.10. The van der Waals surface area contributed by atoms with Crippen LogP contribution in [0.4, 0.5) is 0 Å². The summed E-state index contributed by atoms with van der Waals surface area (Å²) in [6.45, 7) is 3.21. The van der Waals surface area contributed by atoms with Gasteiger partial charge in [0.25, 0.3) is 5.56 Å². The first-order valence-electron chi connectivity index (χ1n) is 4.00. The summed E-state index contributed by atoms with van der Waals surface area (Å²) in [6, 6.07) is 0. The highest BCUT2D eigenvalue weighted by atomic mass is 16.4. The van der Waals surface area contributed by atoms with Crippen LogP contribution in [0.5, 0.6) is 5.75 Å². The molecule has 1 aromatic heterocycles. The van der Waals surface area contributed by atoms with E-state index in [1.54, 1.807) is 13.8 Å². The topological polar surface area (TPSA) is 79.5 Å². The first-order chi connectivity index (χ1) is 6.37. The van der Waals surface area contributed by atoms with Crippen molar-refractivity contribution < 1.29 is 15.0 Å². The van der Waals surface area contributed by atoms with Gasteiger partial charge in [0.1, 0.15) is 5.75 Å². The maximum atomic E-state index is 11.4. The van der Waals surface area contributed by atoms with E-state index in [-0.39, 0.29) is 0 Å². The molecular formula is C9H11NO4. The lowest BCUT2D eigenvalue weighted by Crippen LogP contribution is -2.26. The monoisotopic (exact) mass is 197 g/mol. The maximum absolute atomic E-state index is 11.4. The smallest absolute Gasteiger partial charge is 0.345 e. The molecule has 0 bridgehead atoms. The first kappa shape index (κ1) is 10.3. The van der Waals surface area contributed by atoms with Crippen LogP contribution >= 0.6 is 0 Å². The molecule has 5 nitrogen and oxygen atoms in total. The second kappa shape index (κ2) is 3.17. The number of rotatable bonds is 1. The second-order valence-corrected chi connectivity index (χ2v) is 3.10. The summed E-state index contributed by atoms with van der Waals surface area (Å²) in [5, 5.41) is 18.2. The summed E-state index contributed by atoms with van der Waals surface area (Å²) in [5.74, 6) is -1.86. The molecule has 0 aliphatic heterocycles. The number of aromatic hydroxyl groups is 1. The minimum absolute atomic E-state index is 0.407. The fourth-order valence-corrected chi connectivity index (χ4v) is 1.22. The molecule has 1 rings (SSSR count). The summed E-state index contributed by atoms with van der Waals surface area (Å²) in [6.07, 6.45) is 0. The van der Waals surface area contributed by atoms with E-state index in [0.717, 1.165) is 0 Å². The van der Waals surface area contributed by atoms with Crippen molar-refractivity contribution >= 4 is 5.97 Å². The minimum atomic E-state index is -1.41. The number of aromatic nitrogens is 1. The van der Waals surface area contributed by atoms with Crippen LogP contribution in [-0.2, 0) is 7.05 Å². The van der Waals surface area contributed by atoms with Crippen molar-refractivity contribution in [2.24, 2.45) is 7.05 Å². The predicted molar refractivity (Wildman–Crippen MR) is 49.8 cm³/mol. The molecule has 2 N–H and O–H groups in total. The molecule has 0 radical (unpaired) electrons. The standard InChI is InChI=1S/C9H11NO4/c1-4-5(2)10(3)8(12)6(7(4)11)9(13)14/h11H,1-3H3,(H,13,14). The molecule has 1 aromatic rings. The van der Waals surface area contributed by atoms with Crippen molar-refractivity contribution in [1.29, 1.82) is 0 Å². The van der Waals surface area contributed by atoms with Gasteiger partial charge in [0.15, 0.2) is 5.56 Å². The Balaban J connectivity index is 3.78. The lowest BCUT2D eigenvalue weighted by Gasteiger charge is -2.10. The normalized spacial score (nSPS) is 10.2. The van der Waals surface area contributed by atoms with E-state index in [0.29, 0.717) is 11.3 Å². The van der Waals surface area contributed by atoms with Gasteiger partial charge in [0.2, 0.25) is 0 Å². The lowest BCUT2D eigenvalue weighted by atomic mass is 10.1. The van der Waals surface area contributed by atoms with Crippen LogP contribution in [0, 0.1) is 13.8 Å². The number of nitrogens with zero attached hydrogens (tertiary/aromatic N) is 1. The van der Waals surface area contributed by atoms with Crippen LogP contribution in [0.2, 0.25) is 0 Å². The predicted octanol–water partition coefficient (Wildman–Crippen LogP) is 0.406. The average Bonchev–Trinajstić information content (AvgIpc) is 2.11. The van der Waals surface area contributed by atoms with Gasteiger partial charge in [-0.2, -0.15) is 0 Å². The van der Waals surface area contributed by atoms with Crippen LogP contribution in [0.1, 0.15) is 21.6 Å². The molecule has 0 fully saturated rings. The molecule has 1 heterocycles. The van der Waals surface area contributed by atoms with Crippen LogP contribution in [0.15, 0.2) is 4.79 Å². The van der Waals surface area contributed by atoms with Gasteiger partial charge in [-0.1, -0.05) is 0 Å². The Hall–Kier alpha value is -1.78. The fraction of sp³-hybridized carbons (Fsp3) is 0.333. The SMILES string of the molecule is Cc1c(O)c(C(=O)O)c(=O)n(C)c1C. The van der Waals surface area contributed by atoms with Crippen LogP contribution < -0.4 is 5.56 Å². The largest absolute Gasteiger partial charge is 0.506 e. The Morgan fingerprint density at radius 2 is 1.86 bits per heavy atom. The molecule has 0 saturated carbocycles. The highest BCUT2D eigenvalue weighted by Crippen LogP contribution is 2.21. The molecule has 0 unspecified atom stereocenters. The Kier molecular flexibility index (Phi) is 2.33. The Labute approximate surface area is 80.2 Å². The van der Waals surface area contributed by atoms with Gasteiger partial charge < -0.3 is 14.8 Å². The molecular weight excluding hydrogens is 186 g/mol. The molecule has 0 aromatic carbocycles. The van der Waals surface area contributed by atoms with E-state index in [1.165, 1.54) is 11.6 Å². The highest BCUT2D eigenvalue weighted by molar-refractivity contribution is 5.90. The van der Waals surface area contributed by atoms with Crippen molar-refractivity contribution in [2.75, 3.05) is 0 Å².